The standard InChI is InChI=1S/C30H30/c1-29(2,3)27-12-11-21-15-24-16-22-13-19-9-7-8-10-20(19)14-23(22)17-25(24)18-26(21)28(27)30(4,5)6/h7-18H,1-6H3. The van der Waals surface area contributed by atoms with Gasteiger partial charge in [-0.15, -0.1) is 0 Å². The largest absolute Gasteiger partial charge is 0.0616 e. The Hall–Kier alpha value is -2.86. The predicted octanol–water partition coefficient (Wildman–Crippen LogP) is 8.89. The normalized spacial score (nSPS) is 13.0. The molecule has 0 aromatic heterocycles. The van der Waals surface area contributed by atoms with Gasteiger partial charge in [-0.1, -0.05) is 77.9 Å². The summed E-state index contributed by atoms with van der Waals surface area (Å²) < 4.78 is 0. The van der Waals surface area contributed by atoms with Crippen LogP contribution in [0.25, 0.3) is 43.1 Å². The third-order valence-electron chi connectivity index (χ3n) is 6.35. The maximum Gasteiger partial charge on any atom is -0.0123 e. The molecule has 0 N–H and O–H groups in total. The summed E-state index contributed by atoms with van der Waals surface area (Å²) in [5.74, 6) is 0. The first-order valence-electron chi connectivity index (χ1n) is 11.0. The van der Waals surface area contributed by atoms with Crippen molar-refractivity contribution in [2.24, 2.45) is 0 Å². The summed E-state index contributed by atoms with van der Waals surface area (Å²) in [5, 5.41) is 10.6. The van der Waals surface area contributed by atoms with E-state index in [2.05, 4.69) is 114 Å². The molecule has 0 aliphatic heterocycles. The van der Waals surface area contributed by atoms with E-state index in [-0.39, 0.29) is 10.8 Å². The summed E-state index contributed by atoms with van der Waals surface area (Å²) in [7, 11) is 0. The molecule has 0 saturated heterocycles. The molecular weight excluding hydrogens is 360 g/mol. The SMILES string of the molecule is CC(C)(C)c1ccc2cc3cc4cc5ccccc5cc4cc3cc2c1C(C)(C)C. The molecule has 0 aliphatic rings. The van der Waals surface area contributed by atoms with Gasteiger partial charge in [-0.2, -0.15) is 0 Å². The molecule has 0 unspecified atom stereocenters. The number of hydrogen-bond acceptors (Lipinski definition) is 0. The van der Waals surface area contributed by atoms with Crippen LogP contribution in [0.5, 0.6) is 0 Å². The van der Waals surface area contributed by atoms with Crippen LogP contribution in [-0.2, 0) is 10.8 Å². The van der Waals surface area contributed by atoms with Gasteiger partial charge in [-0.25, -0.2) is 0 Å². The molecule has 0 aliphatic carbocycles. The Morgan fingerprint density at radius 1 is 0.433 bits per heavy atom. The molecule has 0 atom stereocenters. The number of fused-ring (bicyclic) bond motifs is 4. The van der Waals surface area contributed by atoms with Crippen LogP contribution in [0.4, 0.5) is 0 Å². The lowest BCUT2D eigenvalue weighted by Crippen LogP contribution is -2.22. The van der Waals surface area contributed by atoms with E-state index in [1.165, 1.54) is 54.2 Å². The minimum absolute atomic E-state index is 0.0862. The molecule has 0 saturated carbocycles. The Morgan fingerprint density at radius 3 is 1.40 bits per heavy atom. The fraction of sp³-hybridized carbons (Fsp3) is 0.267. The Bertz CT molecular complexity index is 1440. The molecule has 0 fully saturated rings. The van der Waals surface area contributed by atoms with E-state index in [0.717, 1.165) is 0 Å². The number of benzene rings is 5. The minimum atomic E-state index is 0.0862. The Labute approximate surface area is 179 Å². The highest BCUT2D eigenvalue weighted by Gasteiger charge is 2.27. The van der Waals surface area contributed by atoms with Gasteiger partial charge in [0.05, 0.1) is 0 Å². The lowest BCUT2D eigenvalue weighted by atomic mass is 9.73. The first-order valence-corrected chi connectivity index (χ1v) is 11.0. The van der Waals surface area contributed by atoms with E-state index in [1.807, 2.05) is 0 Å². The van der Waals surface area contributed by atoms with Crippen LogP contribution in [-0.4, -0.2) is 0 Å². The lowest BCUT2D eigenvalue weighted by molar-refractivity contribution is 0.535. The third-order valence-corrected chi connectivity index (χ3v) is 6.35. The maximum atomic E-state index is 2.43. The minimum Gasteiger partial charge on any atom is -0.0616 e. The first-order chi connectivity index (χ1) is 14.1. The van der Waals surface area contributed by atoms with E-state index < -0.39 is 0 Å². The molecule has 5 rings (SSSR count). The molecule has 0 radical (unpaired) electrons. The van der Waals surface area contributed by atoms with Gasteiger partial charge >= 0.3 is 0 Å². The Balaban J connectivity index is 1.88. The highest BCUT2D eigenvalue weighted by atomic mass is 14.3. The van der Waals surface area contributed by atoms with Crippen LogP contribution in [0.3, 0.4) is 0 Å². The quantitative estimate of drug-likeness (QED) is 0.232. The highest BCUT2D eigenvalue weighted by Crippen LogP contribution is 2.40. The zero-order valence-electron chi connectivity index (χ0n) is 18.9. The maximum absolute atomic E-state index is 2.43. The molecule has 30 heavy (non-hydrogen) atoms. The van der Waals surface area contributed by atoms with E-state index in [9.17, 15) is 0 Å². The van der Waals surface area contributed by atoms with Gasteiger partial charge in [0.25, 0.3) is 0 Å². The summed E-state index contributed by atoms with van der Waals surface area (Å²) in [6, 6.07) is 27.5. The van der Waals surface area contributed by atoms with E-state index in [4.69, 9.17) is 0 Å². The van der Waals surface area contributed by atoms with Crippen molar-refractivity contribution in [3.63, 3.8) is 0 Å². The highest BCUT2D eigenvalue weighted by molar-refractivity contribution is 6.08. The molecule has 5 aromatic carbocycles. The Morgan fingerprint density at radius 2 is 0.900 bits per heavy atom. The van der Waals surface area contributed by atoms with Crippen LogP contribution in [0.1, 0.15) is 52.7 Å². The second kappa shape index (κ2) is 6.32. The van der Waals surface area contributed by atoms with Crippen molar-refractivity contribution in [2.45, 2.75) is 52.4 Å². The summed E-state index contributed by atoms with van der Waals surface area (Å²) in [5.41, 5.74) is 3.14. The van der Waals surface area contributed by atoms with Crippen LogP contribution in [0.15, 0.2) is 72.8 Å². The van der Waals surface area contributed by atoms with Crippen molar-refractivity contribution < 1.29 is 0 Å². The topological polar surface area (TPSA) is 0 Å². The molecule has 0 nitrogen and oxygen atoms in total. The van der Waals surface area contributed by atoms with Crippen LogP contribution in [0.2, 0.25) is 0 Å². The van der Waals surface area contributed by atoms with E-state index in [0.29, 0.717) is 0 Å². The third kappa shape index (κ3) is 3.06. The van der Waals surface area contributed by atoms with Crippen LogP contribution < -0.4 is 0 Å². The predicted molar refractivity (Wildman–Crippen MR) is 134 cm³/mol. The van der Waals surface area contributed by atoms with E-state index >= 15 is 0 Å². The molecular formula is C30H30. The number of hydrogen-bond donors (Lipinski definition) is 0. The summed E-state index contributed by atoms with van der Waals surface area (Å²) in [6.07, 6.45) is 0. The first kappa shape index (κ1) is 19.1. The summed E-state index contributed by atoms with van der Waals surface area (Å²) in [6.45, 7) is 14.0. The molecule has 0 heterocycles. The molecule has 0 amide bonds. The summed E-state index contributed by atoms with van der Waals surface area (Å²) >= 11 is 0. The smallest absolute Gasteiger partial charge is 0.0123 e. The van der Waals surface area contributed by atoms with Crippen molar-refractivity contribution >= 4 is 43.1 Å². The number of rotatable bonds is 0. The monoisotopic (exact) mass is 390 g/mol. The van der Waals surface area contributed by atoms with Crippen LogP contribution in [0, 0.1) is 0 Å². The zero-order valence-corrected chi connectivity index (χ0v) is 18.9. The van der Waals surface area contributed by atoms with Gasteiger partial charge in [0, 0.05) is 0 Å². The van der Waals surface area contributed by atoms with Gasteiger partial charge in [0.1, 0.15) is 0 Å². The molecule has 150 valence electrons. The molecule has 0 heteroatoms. The van der Waals surface area contributed by atoms with Gasteiger partial charge in [-0.05, 0) is 101 Å². The lowest BCUT2D eigenvalue weighted by Gasteiger charge is -2.31. The molecule has 5 aromatic rings. The van der Waals surface area contributed by atoms with Gasteiger partial charge in [0.15, 0.2) is 0 Å². The van der Waals surface area contributed by atoms with Crippen molar-refractivity contribution in [2.75, 3.05) is 0 Å². The van der Waals surface area contributed by atoms with Crippen LogP contribution >= 0.6 is 0 Å². The fourth-order valence-corrected chi connectivity index (χ4v) is 4.95. The second-order valence-corrected chi connectivity index (χ2v) is 10.8. The van der Waals surface area contributed by atoms with Gasteiger partial charge < -0.3 is 0 Å². The second-order valence-electron chi connectivity index (χ2n) is 10.8. The van der Waals surface area contributed by atoms with Gasteiger partial charge in [0.2, 0.25) is 0 Å². The zero-order chi connectivity index (χ0) is 21.3. The summed E-state index contributed by atoms with van der Waals surface area (Å²) in [4.78, 5) is 0. The van der Waals surface area contributed by atoms with Crippen molar-refractivity contribution in [1.29, 1.82) is 0 Å². The van der Waals surface area contributed by atoms with E-state index in [1.54, 1.807) is 0 Å². The fourth-order valence-electron chi connectivity index (χ4n) is 4.95. The van der Waals surface area contributed by atoms with Gasteiger partial charge in [-0.3, -0.25) is 0 Å². The van der Waals surface area contributed by atoms with Crippen molar-refractivity contribution in [3.05, 3.63) is 83.9 Å². The molecule has 0 bridgehead atoms. The molecule has 0 spiro atoms. The average Bonchev–Trinajstić information content (AvgIpc) is 2.66. The van der Waals surface area contributed by atoms with Crippen molar-refractivity contribution in [3.8, 4) is 0 Å². The Kier molecular flexibility index (Phi) is 4.03. The average molecular weight is 391 g/mol. The van der Waals surface area contributed by atoms with Crippen molar-refractivity contribution in [1.82, 2.24) is 0 Å².